The molecule has 0 aromatic heterocycles. The van der Waals surface area contributed by atoms with Gasteiger partial charge in [-0.3, -0.25) is 4.99 Å². The lowest BCUT2D eigenvalue weighted by molar-refractivity contribution is 0.0793. The molecular weight excluding hydrogens is 513 g/mol. The first-order chi connectivity index (χ1) is 11.6. The lowest BCUT2D eigenvalue weighted by atomic mass is 9.99. The van der Waals surface area contributed by atoms with Gasteiger partial charge in [0.2, 0.25) is 0 Å². The quantitative estimate of drug-likeness (QED) is 0.329. The summed E-state index contributed by atoms with van der Waals surface area (Å²) in [6.45, 7) is 6.33. The second-order valence-corrected chi connectivity index (χ2v) is 8.25. The number of benzene rings is 1. The molecular formula is C18H29BrIN3OS. The van der Waals surface area contributed by atoms with Crippen LogP contribution in [0.1, 0.15) is 25.3 Å². The number of nitrogens with one attached hydrogen (secondary N) is 1. The van der Waals surface area contributed by atoms with Crippen molar-refractivity contribution in [3.63, 3.8) is 0 Å². The van der Waals surface area contributed by atoms with E-state index in [4.69, 9.17) is 9.73 Å². The fourth-order valence-corrected chi connectivity index (χ4v) is 3.99. The van der Waals surface area contributed by atoms with E-state index in [2.05, 4.69) is 64.6 Å². The maximum Gasteiger partial charge on any atom is 0.194 e. The van der Waals surface area contributed by atoms with Crippen molar-refractivity contribution < 1.29 is 4.74 Å². The van der Waals surface area contributed by atoms with Crippen molar-refractivity contribution in [2.75, 3.05) is 39.6 Å². The first-order valence-corrected chi connectivity index (χ1v) is 10.5. The van der Waals surface area contributed by atoms with Crippen molar-refractivity contribution in [1.29, 1.82) is 0 Å². The highest BCUT2D eigenvalue weighted by Gasteiger charge is 2.31. The van der Waals surface area contributed by atoms with Crippen LogP contribution in [0.25, 0.3) is 0 Å². The Balaban J connectivity index is 0.00000312. The first kappa shape index (κ1) is 23.0. The van der Waals surface area contributed by atoms with E-state index in [9.17, 15) is 0 Å². The van der Waals surface area contributed by atoms with E-state index in [-0.39, 0.29) is 28.7 Å². The third-order valence-corrected chi connectivity index (χ3v) is 6.59. The Hall–Kier alpha value is 0.01000. The molecule has 1 aliphatic rings. The molecule has 142 valence electrons. The van der Waals surface area contributed by atoms with Crippen LogP contribution < -0.4 is 5.32 Å². The molecule has 0 spiro atoms. The van der Waals surface area contributed by atoms with E-state index < -0.39 is 0 Å². The molecule has 1 fully saturated rings. The molecule has 0 amide bonds. The maximum atomic E-state index is 5.53. The van der Waals surface area contributed by atoms with Crippen LogP contribution in [0.5, 0.6) is 0 Å². The Labute approximate surface area is 181 Å². The fourth-order valence-electron chi connectivity index (χ4n) is 2.82. The van der Waals surface area contributed by atoms with Gasteiger partial charge in [0.1, 0.15) is 0 Å². The molecule has 1 heterocycles. The molecule has 0 radical (unpaired) electrons. The zero-order valence-electron chi connectivity index (χ0n) is 15.3. The van der Waals surface area contributed by atoms with Crippen LogP contribution in [0.2, 0.25) is 0 Å². The van der Waals surface area contributed by atoms with E-state index >= 15 is 0 Å². The third-order valence-electron chi connectivity index (χ3n) is 4.42. The molecule has 1 aromatic carbocycles. The van der Waals surface area contributed by atoms with Crippen LogP contribution in [0.15, 0.2) is 33.7 Å². The molecule has 2 rings (SSSR count). The molecule has 4 nitrogen and oxygen atoms in total. The summed E-state index contributed by atoms with van der Waals surface area (Å²) in [4.78, 5) is 7.14. The summed E-state index contributed by atoms with van der Waals surface area (Å²) < 4.78 is 6.88. The highest BCUT2D eigenvalue weighted by atomic mass is 127. The summed E-state index contributed by atoms with van der Waals surface area (Å²) in [5.74, 6) is 0.966. The highest BCUT2D eigenvalue weighted by Crippen LogP contribution is 2.34. The summed E-state index contributed by atoms with van der Waals surface area (Å²) >= 11 is 5.56. The lowest BCUT2D eigenvalue weighted by Gasteiger charge is -2.34. The Morgan fingerprint density at radius 2 is 2.04 bits per heavy atom. The number of rotatable bonds is 6. The number of aliphatic imine (C=N–C) groups is 1. The molecule has 0 aliphatic carbocycles. The SMILES string of the molecule is CCNC(=NCC1(SC)CCOCC1)N(C)Cc1ccccc1Br.I. The van der Waals surface area contributed by atoms with Crippen LogP contribution >= 0.6 is 51.7 Å². The summed E-state index contributed by atoms with van der Waals surface area (Å²) in [5, 5.41) is 3.42. The minimum absolute atomic E-state index is 0. The van der Waals surface area contributed by atoms with Crippen molar-refractivity contribution >= 4 is 57.6 Å². The largest absolute Gasteiger partial charge is 0.381 e. The van der Waals surface area contributed by atoms with E-state index in [0.717, 1.165) is 56.1 Å². The molecule has 25 heavy (non-hydrogen) atoms. The number of halogens is 2. The van der Waals surface area contributed by atoms with Crippen molar-refractivity contribution in [3.8, 4) is 0 Å². The van der Waals surface area contributed by atoms with Gasteiger partial charge < -0.3 is 15.0 Å². The van der Waals surface area contributed by atoms with Crippen molar-refractivity contribution in [2.45, 2.75) is 31.1 Å². The molecule has 1 aliphatic heterocycles. The van der Waals surface area contributed by atoms with Gasteiger partial charge in [-0.25, -0.2) is 0 Å². The zero-order valence-corrected chi connectivity index (χ0v) is 20.0. The second kappa shape index (κ2) is 11.7. The summed E-state index contributed by atoms with van der Waals surface area (Å²) in [6.07, 6.45) is 4.34. The first-order valence-electron chi connectivity index (χ1n) is 8.46. The van der Waals surface area contributed by atoms with E-state index in [1.807, 2.05) is 17.8 Å². The van der Waals surface area contributed by atoms with Crippen molar-refractivity contribution in [3.05, 3.63) is 34.3 Å². The van der Waals surface area contributed by atoms with Gasteiger partial charge in [0.05, 0.1) is 6.54 Å². The minimum atomic E-state index is 0. The van der Waals surface area contributed by atoms with Gasteiger partial charge in [-0.15, -0.1) is 24.0 Å². The van der Waals surface area contributed by atoms with E-state index in [1.54, 1.807) is 0 Å². The average molecular weight is 542 g/mol. The normalized spacial score (nSPS) is 16.9. The number of hydrogen-bond acceptors (Lipinski definition) is 3. The smallest absolute Gasteiger partial charge is 0.194 e. The van der Waals surface area contributed by atoms with Gasteiger partial charge in [0, 0.05) is 42.6 Å². The van der Waals surface area contributed by atoms with Gasteiger partial charge in [-0.2, -0.15) is 11.8 Å². The Morgan fingerprint density at radius 3 is 2.64 bits per heavy atom. The Bertz CT molecular complexity index is 553. The number of nitrogens with zero attached hydrogens (tertiary/aromatic N) is 2. The van der Waals surface area contributed by atoms with Gasteiger partial charge in [0.25, 0.3) is 0 Å². The molecule has 1 N–H and O–H groups in total. The van der Waals surface area contributed by atoms with Gasteiger partial charge in [0.15, 0.2) is 5.96 Å². The zero-order chi connectivity index (χ0) is 17.4. The van der Waals surface area contributed by atoms with Crippen molar-refractivity contribution in [2.24, 2.45) is 4.99 Å². The fraction of sp³-hybridized carbons (Fsp3) is 0.611. The molecule has 0 saturated carbocycles. The molecule has 7 heteroatoms. The Kier molecular flexibility index (Phi) is 10.8. The summed E-state index contributed by atoms with van der Waals surface area (Å²) in [7, 11) is 2.09. The summed E-state index contributed by atoms with van der Waals surface area (Å²) in [5.41, 5.74) is 1.26. The van der Waals surface area contributed by atoms with E-state index in [0.29, 0.717) is 0 Å². The topological polar surface area (TPSA) is 36.9 Å². The van der Waals surface area contributed by atoms with Crippen molar-refractivity contribution in [1.82, 2.24) is 10.2 Å². The monoisotopic (exact) mass is 541 g/mol. The lowest BCUT2D eigenvalue weighted by Crippen LogP contribution is -2.41. The molecule has 0 unspecified atom stereocenters. The van der Waals surface area contributed by atoms with Gasteiger partial charge in [-0.1, -0.05) is 34.1 Å². The van der Waals surface area contributed by atoms with Crippen LogP contribution in [-0.2, 0) is 11.3 Å². The minimum Gasteiger partial charge on any atom is -0.381 e. The number of thioether (sulfide) groups is 1. The van der Waals surface area contributed by atoms with Crippen LogP contribution in [0, 0.1) is 0 Å². The van der Waals surface area contributed by atoms with Crippen LogP contribution in [0.3, 0.4) is 0 Å². The molecule has 0 bridgehead atoms. The van der Waals surface area contributed by atoms with E-state index in [1.165, 1.54) is 5.56 Å². The molecule has 0 atom stereocenters. The number of ether oxygens (including phenoxy) is 1. The number of hydrogen-bond donors (Lipinski definition) is 1. The van der Waals surface area contributed by atoms with Crippen LogP contribution in [-0.4, -0.2) is 55.2 Å². The maximum absolute atomic E-state index is 5.53. The Morgan fingerprint density at radius 1 is 1.36 bits per heavy atom. The van der Waals surface area contributed by atoms with Gasteiger partial charge >= 0.3 is 0 Å². The highest BCUT2D eigenvalue weighted by molar-refractivity contribution is 14.0. The predicted molar refractivity (Wildman–Crippen MR) is 123 cm³/mol. The number of guanidine groups is 1. The van der Waals surface area contributed by atoms with Crippen LogP contribution in [0.4, 0.5) is 0 Å². The summed E-state index contributed by atoms with van der Waals surface area (Å²) in [6, 6.07) is 8.34. The third kappa shape index (κ3) is 6.92. The predicted octanol–water partition coefficient (Wildman–Crippen LogP) is 4.38. The second-order valence-electron chi connectivity index (χ2n) is 6.12. The average Bonchev–Trinajstić information content (AvgIpc) is 2.61. The molecule has 1 aromatic rings. The standard InChI is InChI=1S/C18H28BrN3OS.HI/c1-4-20-17(21-14-18(24-3)9-11-23-12-10-18)22(2)13-15-7-5-6-8-16(15)19;/h5-8H,4,9-14H2,1-3H3,(H,20,21);1H. The van der Waals surface area contributed by atoms with Gasteiger partial charge in [-0.05, 0) is 37.7 Å². The molecule has 1 saturated heterocycles.